The highest BCUT2D eigenvalue weighted by Gasteiger charge is 2.23. The minimum atomic E-state index is -1.07. The number of rotatable bonds is 4. The largest absolute Gasteiger partial charge is 0.481 e. The first kappa shape index (κ1) is 11.4. The molecule has 2 rings (SSSR count). The summed E-state index contributed by atoms with van der Waals surface area (Å²) in [6.07, 6.45) is 2.00. The van der Waals surface area contributed by atoms with Gasteiger partial charge in [0.05, 0.1) is 0 Å². The zero-order chi connectivity index (χ0) is 12.4. The highest BCUT2D eigenvalue weighted by Crippen LogP contribution is 2.21. The number of carboxylic acids is 1. The first-order valence-electron chi connectivity index (χ1n) is 5.38. The van der Waals surface area contributed by atoms with Gasteiger partial charge in [-0.25, -0.2) is 0 Å². The van der Waals surface area contributed by atoms with Gasteiger partial charge in [-0.2, -0.15) is 0 Å². The SMILES string of the molecule is CC(=O)C(Cc1c[nH]c2ccccc12)C(=O)O. The third kappa shape index (κ3) is 2.20. The van der Waals surface area contributed by atoms with Gasteiger partial charge >= 0.3 is 5.97 Å². The van der Waals surface area contributed by atoms with Gasteiger partial charge in [0.1, 0.15) is 11.7 Å². The number of Topliss-reactive ketones (excluding diaryl/α,β-unsaturated/α-hetero) is 1. The highest BCUT2D eigenvalue weighted by molar-refractivity contribution is 5.97. The number of aromatic nitrogens is 1. The van der Waals surface area contributed by atoms with E-state index < -0.39 is 11.9 Å². The number of fused-ring (bicyclic) bond motifs is 1. The van der Waals surface area contributed by atoms with E-state index in [0.717, 1.165) is 16.5 Å². The third-order valence-electron chi connectivity index (χ3n) is 2.89. The van der Waals surface area contributed by atoms with E-state index in [9.17, 15) is 9.59 Å². The van der Waals surface area contributed by atoms with Crippen LogP contribution in [0.5, 0.6) is 0 Å². The van der Waals surface area contributed by atoms with Crippen LogP contribution in [-0.4, -0.2) is 21.8 Å². The average molecular weight is 231 g/mol. The van der Waals surface area contributed by atoms with Gasteiger partial charge in [-0.15, -0.1) is 0 Å². The van der Waals surface area contributed by atoms with E-state index in [1.165, 1.54) is 6.92 Å². The molecule has 2 aromatic rings. The lowest BCUT2D eigenvalue weighted by Gasteiger charge is -2.07. The number of para-hydroxylation sites is 1. The van der Waals surface area contributed by atoms with Crippen LogP contribution in [0, 0.1) is 5.92 Å². The van der Waals surface area contributed by atoms with E-state index in [1.54, 1.807) is 6.20 Å². The van der Waals surface area contributed by atoms with Gasteiger partial charge in [0, 0.05) is 17.1 Å². The number of hydrogen-bond acceptors (Lipinski definition) is 2. The summed E-state index contributed by atoms with van der Waals surface area (Å²) >= 11 is 0. The molecule has 88 valence electrons. The maximum absolute atomic E-state index is 11.3. The first-order valence-corrected chi connectivity index (χ1v) is 5.38. The van der Waals surface area contributed by atoms with Crippen LogP contribution in [0.2, 0.25) is 0 Å². The van der Waals surface area contributed by atoms with Crippen LogP contribution < -0.4 is 0 Å². The summed E-state index contributed by atoms with van der Waals surface area (Å²) in [6, 6.07) is 7.63. The Bertz CT molecular complexity index is 557. The van der Waals surface area contributed by atoms with Gasteiger partial charge in [0.25, 0.3) is 0 Å². The molecule has 1 unspecified atom stereocenters. The van der Waals surface area contributed by atoms with Crippen molar-refractivity contribution in [2.75, 3.05) is 0 Å². The molecule has 4 heteroatoms. The number of hydrogen-bond donors (Lipinski definition) is 2. The van der Waals surface area contributed by atoms with Crippen LogP contribution in [0.25, 0.3) is 10.9 Å². The fraction of sp³-hybridized carbons (Fsp3) is 0.231. The van der Waals surface area contributed by atoms with E-state index in [-0.39, 0.29) is 12.2 Å². The van der Waals surface area contributed by atoms with Gasteiger partial charge in [0.15, 0.2) is 0 Å². The number of H-pyrrole nitrogens is 1. The number of aromatic amines is 1. The lowest BCUT2D eigenvalue weighted by molar-refractivity contribution is -0.145. The number of ketones is 1. The standard InChI is InChI=1S/C13H13NO3/c1-8(15)11(13(16)17)6-9-7-14-12-5-3-2-4-10(9)12/h2-5,7,11,14H,6H2,1H3,(H,16,17). The molecule has 1 atom stereocenters. The van der Waals surface area contributed by atoms with Crippen molar-refractivity contribution in [3.8, 4) is 0 Å². The molecule has 0 saturated carbocycles. The zero-order valence-corrected chi connectivity index (χ0v) is 9.43. The van der Waals surface area contributed by atoms with Crippen molar-refractivity contribution in [3.05, 3.63) is 36.0 Å². The van der Waals surface area contributed by atoms with Crippen molar-refractivity contribution >= 4 is 22.7 Å². The summed E-state index contributed by atoms with van der Waals surface area (Å²) in [7, 11) is 0. The van der Waals surface area contributed by atoms with Gasteiger partial charge in [0.2, 0.25) is 0 Å². The monoisotopic (exact) mass is 231 g/mol. The summed E-state index contributed by atoms with van der Waals surface area (Å²) in [6.45, 7) is 1.31. The molecule has 0 spiro atoms. The quantitative estimate of drug-likeness (QED) is 0.790. The second kappa shape index (κ2) is 4.41. The van der Waals surface area contributed by atoms with E-state index in [4.69, 9.17) is 5.11 Å². The second-order valence-electron chi connectivity index (χ2n) is 4.07. The summed E-state index contributed by atoms with van der Waals surface area (Å²) in [5.74, 6) is -2.35. The molecule has 0 aliphatic heterocycles. The number of carbonyl (C=O) groups excluding carboxylic acids is 1. The van der Waals surface area contributed by atoms with Gasteiger partial charge < -0.3 is 10.1 Å². The van der Waals surface area contributed by atoms with Crippen LogP contribution in [0.15, 0.2) is 30.5 Å². The zero-order valence-electron chi connectivity index (χ0n) is 9.43. The molecule has 1 aromatic carbocycles. The van der Waals surface area contributed by atoms with Crippen LogP contribution in [0.4, 0.5) is 0 Å². The van der Waals surface area contributed by atoms with E-state index in [0.29, 0.717) is 0 Å². The fourth-order valence-electron chi connectivity index (χ4n) is 1.93. The molecule has 1 aromatic heterocycles. The molecule has 1 heterocycles. The Morgan fingerprint density at radius 1 is 1.35 bits per heavy atom. The molecule has 0 bridgehead atoms. The molecule has 0 radical (unpaired) electrons. The smallest absolute Gasteiger partial charge is 0.314 e. The molecule has 0 aliphatic carbocycles. The molecular formula is C13H13NO3. The molecule has 0 aliphatic rings. The fourth-order valence-corrected chi connectivity index (χ4v) is 1.93. The molecule has 17 heavy (non-hydrogen) atoms. The lowest BCUT2D eigenvalue weighted by Crippen LogP contribution is -2.23. The van der Waals surface area contributed by atoms with Crippen LogP contribution in [0.1, 0.15) is 12.5 Å². The topological polar surface area (TPSA) is 70.2 Å². The van der Waals surface area contributed by atoms with E-state index in [2.05, 4.69) is 4.98 Å². The summed E-state index contributed by atoms with van der Waals surface area (Å²) < 4.78 is 0. The minimum absolute atomic E-state index is 0.231. The third-order valence-corrected chi connectivity index (χ3v) is 2.89. The Morgan fingerprint density at radius 3 is 2.71 bits per heavy atom. The van der Waals surface area contributed by atoms with Crippen molar-refractivity contribution in [2.45, 2.75) is 13.3 Å². The van der Waals surface area contributed by atoms with Gasteiger partial charge in [-0.1, -0.05) is 18.2 Å². The average Bonchev–Trinajstić information content (AvgIpc) is 2.68. The van der Waals surface area contributed by atoms with E-state index >= 15 is 0 Å². The summed E-state index contributed by atoms with van der Waals surface area (Å²) in [5.41, 5.74) is 1.82. The normalized spacial score (nSPS) is 12.5. The summed E-state index contributed by atoms with van der Waals surface area (Å²) in [5, 5.41) is 9.96. The van der Waals surface area contributed by atoms with E-state index in [1.807, 2.05) is 24.3 Å². The maximum atomic E-state index is 11.3. The second-order valence-corrected chi connectivity index (χ2v) is 4.07. The molecular weight excluding hydrogens is 218 g/mol. The van der Waals surface area contributed by atoms with Crippen molar-refractivity contribution in [1.29, 1.82) is 0 Å². The molecule has 0 saturated heterocycles. The lowest BCUT2D eigenvalue weighted by atomic mass is 9.96. The highest BCUT2D eigenvalue weighted by atomic mass is 16.4. The van der Waals surface area contributed by atoms with Crippen molar-refractivity contribution in [3.63, 3.8) is 0 Å². The summed E-state index contributed by atoms with van der Waals surface area (Å²) in [4.78, 5) is 25.3. The van der Waals surface area contributed by atoms with Gasteiger partial charge in [-0.05, 0) is 25.0 Å². The minimum Gasteiger partial charge on any atom is -0.481 e. The van der Waals surface area contributed by atoms with Crippen LogP contribution in [0.3, 0.4) is 0 Å². The van der Waals surface area contributed by atoms with Crippen molar-refractivity contribution in [1.82, 2.24) is 4.98 Å². The number of benzene rings is 1. The molecule has 2 N–H and O–H groups in total. The Balaban J connectivity index is 2.35. The Hall–Kier alpha value is -2.10. The Labute approximate surface area is 98.3 Å². The Morgan fingerprint density at radius 2 is 2.06 bits per heavy atom. The number of nitrogens with one attached hydrogen (secondary N) is 1. The number of carbonyl (C=O) groups is 2. The van der Waals surface area contributed by atoms with Crippen molar-refractivity contribution in [2.24, 2.45) is 5.92 Å². The first-order chi connectivity index (χ1) is 8.09. The van der Waals surface area contributed by atoms with Gasteiger partial charge in [-0.3, -0.25) is 9.59 Å². The molecule has 0 amide bonds. The van der Waals surface area contributed by atoms with Crippen molar-refractivity contribution < 1.29 is 14.7 Å². The number of aliphatic carboxylic acids is 1. The maximum Gasteiger partial charge on any atom is 0.314 e. The molecule has 0 fully saturated rings. The predicted octanol–water partition coefficient (Wildman–Crippen LogP) is 2.00. The molecule has 4 nitrogen and oxygen atoms in total. The van der Waals surface area contributed by atoms with Crippen LogP contribution >= 0.6 is 0 Å². The van der Waals surface area contributed by atoms with Crippen LogP contribution in [-0.2, 0) is 16.0 Å². The Kier molecular flexibility index (Phi) is 2.95. The predicted molar refractivity (Wildman–Crippen MR) is 63.8 cm³/mol. The number of carboxylic acid groups (broad SMARTS) is 1.